The fourth-order valence-electron chi connectivity index (χ4n) is 1.87. The van der Waals surface area contributed by atoms with Gasteiger partial charge in [0.05, 0.1) is 17.0 Å². The number of aryl methyl sites for hydroxylation is 3. The van der Waals surface area contributed by atoms with E-state index in [4.69, 9.17) is 0 Å². The van der Waals surface area contributed by atoms with Gasteiger partial charge in [-0.05, 0) is 27.8 Å². The van der Waals surface area contributed by atoms with E-state index in [1.165, 1.54) is 4.88 Å². The Morgan fingerprint density at radius 2 is 2.06 bits per heavy atom. The van der Waals surface area contributed by atoms with Crippen molar-refractivity contribution in [1.29, 1.82) is 0 Å². The molecule has 0 amide bonds. The number of aromatic nitrogens is 3. The molecule has 0 saturated carbocycles. The molecular weight excluding hydrogens is 232 g/mol. The zero-order valence-corrected chi connectivity index (χ0v) is 11.7. The van der Waals surface area contributed by atoms with E-state index in [0.717, 1.165) is 22.0 Å². The average molecular weight is 250 g/mol. The molecule has 0 saturated heterocycles. The van der Waals surface area contributed by atoms with Gasteiger partial charge in [0.25, 0.3) is 0 Å². The molecule has 4 nitrogen and oxygen atoms in total. The Hall–Kier alpha value is -1.20. The van der Waals surface area contributed by atoms with Gasteiger partial charge in [0.1, 0.15) is 5.01 Å². The summed E-state index contributed by atoms with van der Waals surface area (Å²) in [7, 11) is 3.91. The highest BCUT2D eigenvalue weighted by Crippen LogP contribution is 2.32. The van der Waals surface area contributed by atoms with Gasteiger partial charge in [-0.1, -0.05) is 0 Å². The second-order valence-corrected chi connectivity index (χ2v) is 5.31. The number of nitrogens with one attached hydrogen (secondary N) is 1. The molecule has 2 rings (SSSR count). The lowest BCUT2D eigenvalue weighted by Crippen LogP contribution is -2.11. The molecule has 0 aromatic carbocycles. The first kappa shape index (κ1) is 12.3. The lowest BCUT2D eigenvalue weighted by atomic mass is 10.2. The van der Waals surface area contributed by atoms with Crippen LogP contribution in [0.15, 0.2) is 6.20 Å². The normalized spacial score (nSPS) is 13.0. The van der Waals surface area contributed by atoms with Gasteiger partial charge < -0.3 is 5.32 Å². The number of hydrogen-bond donors (Lipinski definition) is 1. The van der Waals surface area contributed by atoms with Crippen LogP contribution in [0, 0.1) is 13.8 Å². The summed E-state index contributed by atoms with van der Waals surface area (Å²) < 4.78 is 1.84. The minimum Gasteiger partial charge on any atom is -0.312 e. The van der Waals surface area contributed by atoms with Gasteiger partial charge >= 0.3 is 0 Å². The predicted molar refractivity (Wildman–Crippen MR) is 71.3 cm³/mol. The van der Waals surface area contributed by atoms with E-state index in [9.17, 15) is 0 Å². The van der Waals surface area contributed by atoms with Crippen molar-refractivity contribution in [3.63, 3.8) is 0 Å². The molecule has 0 spiro atoms. The standard InChI is InChI=1S/C12H18N4S/c1-7-10(6-16(5)15-7)12-14-9(3)11(17-12)8(2)13-4/h6,8,13H,1-5H3. The van der Waals surface area contributed by atoms with Gasteiger partial charge in [-0.25, -0.2) is 4.98 Å². The van der Waals surface area contributed by atoms with Gasteiger partial charge in [-0.3, -0.25) is 4.68 Å². The van der Waals surface area contributed by atoms with Crippen LogP contribution in [0.3, 0.4) is 0 Å². The van der Waals surface area contributed by atoms with Gasteiger partial charge in [0.2, 0.25) is 0 Å². The molecule has 1 atom stereocenters. The first-order valence-electron chi connectivity index (χ1n) is 5.68. The van der Waals surface area contributed by atoms with Crippen LogP contribution in [0.5, 0.6) is 0 Å². The highest BCUT2D eigenvalue weighted by molar-refractivity contribution is 7.15. The number of hydrogen-bond acceptors (Lipinski definition) is 4. The summed E-state index contributed by atoms with van der Waals surface area (Å²) in [5, 5.41) is 8.68. The lowest BCUT2D eigenvalue weighted by molar-refractivity contribution is 0.658. The highest BCUT2D eigenvalue weighted by atomic mass is 32.1. The first-order valence-corrected chi connectivity index (χ1v) is 6.49. The number of rotatable bonds is 3. The molecule has 2 heterocycles. The molecule has 0 radical (unpaired) electrons. The van der Waals surface area contributed by atoms with Gasteiger partial charge in [-0.2, -0.15) is 5.10 Å². The third kappa shape index (κ3) is 2.25. The molecule has 0 aliphatic heterocycles. The van der Waals surface area contributed by atoms with Crippen molar-refractivity contribution < 1.29 is 0 Å². The van der Waals surface area contributed by atoms with E-state index in [-0.39, 0.29) is 0 Å². The Balaban J connectivity index is 2.44. The molecular formula is C12H18N4S. The maximum atomic E-state index is 4.65. The molecule has 0 aliphatic rings. The monoisotopic (exact) mass is 250 g/mol. The van der Waals surface area contributed by atoms with Crippen LogP contribution < -0.4 is 5.32 Å². The zero-order chi connectivity index (χ0) is 12.6. The molecule has 0 bridgehead atoms. The molecule has 0 aliphatic carbocycles. The average Bonchev–Trinajstić information content (AvgIpc) is 2.80. The van der Waals surface area contributed by atoms with Crippen molar-refractivity contribution in [3.8, 4) is 10.6 Å². The Bertz CT molecular complexity index is 527. The summed E-state index contributed by atoms with van der Waals surface area (Å²) in [6, 6.07) is 0.346. The minimum absolute atomic E-state index is 0.346. The minimum atomic E-state index is 0.346. The summed E-state index contributed by atoms with van der Waals surface area (Å²) in [5.74, 6) is 0. The maximum absolute atomic E-state index is 4.65. The largest absolute Gasteiger partial charge is 0.312 e. The van der Waals surface area contributed by atoms with Crippen LogP contribution >= 0.6 is 11.3 Å². The third-order valence-corrected chi connectivity index (χ3v) is 4.28. The number of nitrogens with zero attached hydrogens (tertiary/aromatic N) is 3. The van der Waals surface area contributed by atoms with Crippen molar-refractivity contribution in [3.05, 3.63) is 22.5 Å². The maximum Gasteiger partial charge on any atom is 0.127 e. The Morgan fingerprint density at radius 1 is 1.35 bits per heavy atom. The summed E-state index contributed by atoms with van der Waals surface area (Å²) in [6.07, 6.45) is 2.03. The van der Waals surface area contributed by atoms with Crippen molar-refractivity contribution in [2.75, 3.05) is 7.05 Å². The highest BCUT2D eigenvalue weighted by Gasteiger charge is 2.16. The van der Waals surface area contributed by atoms with Crippen molar-refractivity contribution in [2.45, 2.75) is 26.8 Å². The molecule has 1 N–H and O–H groups in total. The van der Waals surface area contributed by atoms with Crippen molar-refractivity contribution in [2.24, 2.45) is 7.05 Å². The van der Waals surface area contributed by atoms with Gasteiger partial charge in [-0.15, -0.1) is 11.3 Å². The molecule has 2 aromatic heterocycles. The number of thiazole rings is 1. The summed E-state index contributed by atoms with van der Waals surface area (Å²) in [6.45, 7) is 6.24. The van der Waals surface area contributed by atoms with Crippen molar-refractivity contribution >= 4 is 11.3 Å². The topological polar surface area (TPSA) is 42.7 Å². The first-order chi connectivity index (χ1) is 8.02. The van der Waals surface area contributed by atoms with E-state index in [2.05, 4.69) is 29.2 Å². The Morgan fingerprint density at radius 3 is 2.59 bits per heavy atom. The molecule has 0 fully saturated rings. The van der Waals surface area contributed by atoms with E-state index in [1.54, 1.807) is 11.3 Å². The smallest absolute Gasteiger partial charge is 0.127 e. The van der Waals surface area contributed by atoms with E-state index in [0.29, 0.717) is 6.04 Å². The van der Waals surface area contributed by atoms with Crippen LogP contribution in [0.2, 0.25) is 0 Å². The SMILES string of the molecule is CNC(C)c1sc(-c2cn(C)nc2C)nc1C. The van der Waals surface area contributed by atoms with Crippen LogP contribution in [-0.4, -0.2) is 21.8 Å². The molecule has 5 heteroatoms. The third-order valence-electron chi connectivity index (χ3n) is 2.90. The van der Waals surface area contributed by atoms with E-state index < -0.39 is 0 Å². The summed E-state index contributed by atoms with van der Waals surface area (Å²) in [5.41, 5.74) is 3.27. The predicted octanol–water partition coefficient (Wildman–Crippen LogP) is 2.44. The Kier molecular flexibility index (Phi) is 3.31. The fraction of sp³-hybridized carbons (Fsp3) is 0.500. The molecule has 1 unspecified atom stereocenters. The molecule has 17 heavy (non-hydrogen) atoms. The second kappa shape index (κ2) is 4.58. The van der Waals surface area contributed by atoms with Crippen LogP contribution in [0.4, 0.5) is 0 Å². The van der Waals surface area contributed by atoms with Crippen LogP contribution in [0.25, 0.3) is 10.6 Å². The summed E-state index contributed by atoms with van der Waals surface area (Å²) in [4.78, 5) is 5.95. The van der Waals surface area contributed by atoms with E-state index in [1.807, 2.05) is 31.9 Å². The van der Waals surface area contributed by atoms with Gasteiger partial charge in [0.15, 0.2) is 0 Å². The summed E-state index contributed by atoms with van der Waals surface area (Å²) >= 11 is 1.75. The fourth-order valence-corrected chi connectivity index (χ4v) is 3.06. The zero-order valence-electron chi connectivity index (χ0n) is 10.9. The van der Waals surface area contributed by atoms with Crippen molar-refractivity contribution in [1.82, 2.24) is 20.1 Å². The molecule has 2 aromatic rings. The lowest BCUT2D eigenvalue weighted by Gasteiger charge is -2.06. The Labute approximate surface area is 106 Å². The van der Waals surface area contributed by atoms with Gasteiger partial charge in [0, 0.05) is 24.2 Å². The second-order valence-electron chi connectivity index (χ2n) is 4.28. The van der Waals surface area contributed by atoms with E-state index >= 15 is 0 Å². The van der Waals surface area contributed by atoms with Crippen LogP contribution in [0.1, 0.15) is 29.2 Å². The van der Waals surface area contributed by atoms with Crippen LogP contribution in [-0.2, 0) is 7.05 Å². The quantitative estimate of drug-likeness (QED) is 0.910. The molecule has 92 valence electrons.